The Hall–Kier alpha value is -3.55. The summed E-state index contributed by atoms with van der Waals surface area (Å²) in [7, 11) is 1.24. The van der Waals surface area contributed by atoms with E-state index in [1.165, 1.54) is 30.6 Å². The number of aliphatic carboxylic acids is 1. The van der Waals surface area contributed by atoms with Crippen LogP contribution in [0.1, 0.15) is 37.4 Å². The van der Waals surface area contributed by atoms with E-state index in [0.717, 1.165) is 6.07 Å². The van der Waals surface area contributed by atoms with Gasteiger partial charge >= 0.3 is 18.0 Å². The second-order valence-corrected chi connectivity index (χ2v) is 12.3. The number of fused-ring (bicyclic) bond motifs is 1. The third kappa shape index (κ3) is 5.41. The summed E-state index contributed by atoms with van der Waals surface area (Å²) in [5, 5.41) is 15.9. The van der Waals surface area contributed by atoms with Crippen LogP contribution < -0.4 is 5.32 Å². The molecule has 11 nitrogen and oxygen atoms in total. The van der Waals surface area contributed by atoms with Gasteiger partial charge in [0.25, 0.3) is 0 Å². The number of amides is 2. The van der Waals surface area contributed by atoms with Crippen molar-refractivity contribution < 1.29 is 28.6 Å². The summed E-state index contributed by atoms with van der Waals surface area (Å²) in [6, 6.07) is 1.04. The first kappa shape index (κ1) is 29.0. The molecule has 2 amide bonds. The Morgan fingerprint density at radius 2 is 2.05 bits per heavy atom. The van der Waals surface area contributed by atoms with Crippen molar-refractivity contribution >= 4 is 46.7 Å². The number of hydrogen-bond donors (Lipinski definition) is 2. The van der Waals surface area contributed by atoms with Gasteiger partial charge in [0.2, 0.25) is 0 Å². The smallest absolute Gasteiger partial charge is 0.338 e. The molecule has 0 saturated carbocycles. The molecule has 0 spiro atoms. The summed E-state index contributed by atoms with van der Waals surface area (Å²) in [5.41, 5.74) is 0.378. The molecule has 218 valence electrons. The zero-order valence-electron chi connectivity index (χ0n) is 22.9. The number of methoxy groups -OCH3 is 1. The van der Waals surface area contributed by atoms with Crippen molar-refractivity contribution in [3.63, 3.8) is 0 Å². The summed E-state index contributed by atoms with van der Waals surface area (Å²) in [4.78, 5) is 53.2. The zero-order valence-corrected chi connectivity index (χ0v) is 24.5. The molecule has 2 aromatic rings. The number of nitrogens with one attached hydrogen (secondary N) is 1. The average Bonchev–Trinajstić information content (AvgIpc) is 3.56. The van der Waals surface area contributed by atoms with Gasteiger partial charge in [-0.3, -0.25) is 14.7 Å². The normalized spacial score (nSPS) is 23.3. The zero-order chi connectivity index (χ0) is 29.6. The molecular formula is C27H30ClFN6O5S. The van der Waals surface area contributed by atoms with Crippen LogP contribution in [-0.4, -0.2) is 99.5 Å². The van der Waals surface area contributed by atoms with E-state index >= 15 is 0 Å². The number of halogens is 2. The summed E-state index contributed by atoms with van der Waals surface area (Å²) < 4.78 is 19.1. The number of thiazole rings is 1. The standard InChI is InChI=1S/C27H30ClFN6O5S/c1-27(2,3)35-13-18-21(24(36)37)33(8-9-34(18)26(35)39)12-17-19(25(38)40-4)20(15-6-5-14(29)11-16(15)28)32-22(31-17)23-30-7-10-41-23/h5-7,10-11,18,20-21H,8-9,12-13H2,1-4H3,(H,31,32)(H,36,37)/t18-,20-,21?/m0/s1. The minimum absolute atomic E-state index is 0.00908. The van der Waals surface area contributed by atoms with Gasteiger partial charge in [-0.15, -0.1) is 11.3 Å². The molecule has 4 heterocycles. The summed E-state index contributed by atoms with van der Waals surface area (Å²) >= 11 is 7.75. The van der Waals surface area contributed by atoms with E-state index in [2.05, 4.69) is 10.3 Å². The number of carbonyl (C=O) groups excluding carboxylic acids is 2. The van der Waals surface area contributed by atoms with E-state index in [1.54, 1.807) is 26.3 Å². The van der Waals surface area contributed by atoms with Crippen molar-refractivity contribution in [2.75, 3.05) is 33.3 Å². The summed E-state index contributed by atoms with van der Waals surface area (Å²) in [6.07, 6.45) is 1.61. The van der Waals surface area contributed by atoms with Crippen molar-refractivity contribution in [2.24, 2.45) is 4.99 Å². The van der Waals surface area contributed by atoms with Crippen LogP contribution in [0, 0.1) is 5.82 Å². The van der Waals surface area contributed by atoms with Gasteiger partial charge in [-0.1, -0.05) is 17.7 Å². The molecule has 1 aromatic heterocycles. The van der Waals surface area contributed by atoms with Gasteiger partial charge in [-0.2, -0.15) is 0 Å². The van der Waals surface area contributed by atoms with Crippen LogP contribution in [-0.2, 0) is 14.3 Å². The molecule has 0 aliphatic carbocycles. The van der Waals surface area contributed by atoms with E-state index in [9.17, 15) is 23.9 Å². The molecule has 3 atom stereocenters. The van der Waals surface area contributed by atoms with Crippen molar-refractivity contribution in [1.29, 1.82) is 0 Å². The van der Waals surface area contributed by atoms with E-state index in [-0.39, 0.29) is 36.3 Å². The molecule has 2 fully saturated rings. The number of carboxylic acids is 1. The molecule has 1 aromatic carbocycles. The summed E-state index contributed by atoms with van der Waals surface area (Å²) in [5.74, 6) is -1.96. The maximum absolute atomic E-state index is 13.9. The number of aliphatic imine (C=N–C) groups is 1. The first-order valence-corrected chi connectivity index (χ1v) is 14.2. The number of hydrogen-bond acceptors (Lipinski definition) is 9. The second-order valence-electron chi connectivity index (χ2n) is 11.0. The van der Waals surface area contributed by atoms with Crippen molar-refractivity contribution in [3.8, 4) is 0 Å². The quantitative estimate of drug-likeness (QED) is 0.482. The number of carbonyl (C=O) groups is 3. The number of piperazine rings is 1. The van der Waals surface area contributed by atoms with Crippen LogP contribution >= 0.6 is 22.9 Å². The molecule has 14 heteroatoms. The first-order valence-electron chi connectivity index (χ1n) is 13.0. The van der Waals surface area contributed by atoms with E-state index < -0.39 is 41.4 Å². The van der Waals surface area contributed by atoms with E-state index in [0.29, 0.717) is 28.6 Å². The fourth-order valence-corrected chi connectivity index (χ4v) is 6.40. The fraction of sp³-hybridized carbons (Fsp3) is 0.444. The predicted octanol–water partition coefficient (Wildman–Crippen LogP) is 3.13. The van der Waals surface area contributed by atoms with Crippen LogP contribution in [0.4, 0.5) is 9.18 Å². The number of amidine groups is 1. The highest BCUT2D eigenvalue weighted by Gasteiger charge is 2.52. The third-order valence-corrected chi connectivity index (χ3v) is 8.59. The van der Waals surface area contributed by atoms with Gasteiger partial charge < -0.3 is 25.0 Å². The minimum atomic E-state index is -1.08. The van der Waals surface area contributed by atoms with E-state index in [4.69, 9.17) is 21.3 Å². The SMILES string of the molecule is COC(=O)C1=C(CN2CCN3C(=O)N(C(C)(C)C)C[C@H]3C2C(=O)O)NC(c2nccs2)=N[C@H]1c1ccc(F)cc1Cl. The molecule has 41 heavy (non-hydrogen) atoms. The Kier molecular flexibility index (Phi) is 7.79. The molecule has 3 aliphatic heterocycles. The van der Waals surface area contributed by atoms with Gasteiger partial charge in [-0.25, -0.2) is 19.0 Å². The number of rotatable bonds is 6. The number of carboxylic acid groups (broad SMARTS) is 1. The Bertz CT molecular complexity index is 1440. The largest absolute Gasteiger partial charge is 0.480 e. The van der Waals surface area contributed by atoms with Gasteiger partial charge in [0, 0.05) is 59.6 Å². The van der Waals surface area contributed by atoms with E-state index in [1.807, 2.05) is 20.8 Å². The maximum Gasteiger partial charge on any atom is 0.338 e. The summed E-state index contributed by atoms with van der Waals surface area (Å²) in [6.45, 7) is 6.58. The highest BCUT2D eigenvalue weighted by Crippen LogP contribution is 2.38. The number of esters is 1. The molecule has 5 rings (SSSR count). The van der Waals surface area contributed by atoms with Gasteiger partial charge in [-0.05, 0) is 32.9 Å². The maximum atomic E-state index is 13.9. The average molecular weight is 605 g/mol. The number of nitrogens with zero attached hydrogens (tertiary/aromatic N) is 5. The van der Waals surface area contributed by atoms with Crippen LogP contribution in [0.3, 0.4) is 0 Å². The lowest BCUT2D eigenvalue weighted by Gasteiger charge is -2.42. The van der Waals surface area contributed by atoms with Crippen molar-refractivity contribution in [2.45, 2.75) is 44.4 Å². The lowest BCUT2D eigenvalue weighted by molar-refractivity contribution is -0.147. The van der Waals surface area contributed by atoms with Crippen molar-refractivity contribution in [1.82, 2.24) is 25.0 Å². The molecule has 1 unspecified atom stereocenters. The van der Waals surface area contributed by atoms with Crippen LogP contribution in [0.5, 0.6) is 0 Å². The fourth-order valence-electron chi connectivity index (χ4n) is 5.54. The highest BCUT2D eigenvalue weighted by atomic mass is 35.5. The van der Waals surface area contributed by atoms with Crippen LogP contribution in [0.15, 0.2) is 46.0 Å². The molecule has 0 bridgehead atoms. The topological polar surface area (TPSA) is 128 Å². The second kappa shape index (κ2) is 11.0. The molecular weight excluding hydrogens is 575 g/mol. The Morgan fingerprint density at radius 1 is 1.29 bits per heavy atom. The Labute approximate surface area is 245 Å². The number of benzene rings is 1. The lowest BCUT2D eigenvalue weighted by Crippen LogP contribution is -2.62. The number of ether oxygens (including phenoxy) is 1. The molecule has 3 aliphatic rings. The lowest BCUT2D eigenvalue weighted by atomic mass is 9.94. The van der Waals surface area contributed by atoms with Gasteiger partial charge in [0.05, 0.1) is 18.7 Å². The molecule has 0 radical (unpaired) electrons. The monoisotopic (exact) mass is 604 g/mol. The Balaban J connectivity index is 1.57. The van der Waals surface area contributed by atoms with Crippen molar-refractivity contribution in [3.05, 3.63) is 62.5 Å². The van der Waals surface area contributed by atoms with Gasteiger partial charge in [0.1, 0.15) is 17.9 Å². The third-order valence-electron chi connectivity index (χ3n) is 7.48. The molecule has 2 N–H and O–H groups in total. The number of urea groups is 1. The highest BCUT2D eigenvalue weighted by molar-refractivity contribution is 7.11. The van der Waals surface area contributed by atoms with Gasteiger partial charge in [0.15, 0.2) is 10.8 Å². The van der Waals surface area contributed by atoms with Crippen LogP contribution in [0.25, 0.3) is 0 Å². The Morgan fingerprint density at radius 3 is 2.66 bits per heavy atom. The first-order chi connectivity index (χ1) is 19.4. The predicted molar refractivity (Wildman–Crippen MR) is 150 cm³/mol. The van der Waals surface area contributed by atoms with Crippen LogP contribution in [0.2, 0.25) is 5.02 Å². The minimum Gasteiger partial charge on any atom is -0.480 e. The number of aromatic nitrogens is 1. The molecule has 2 saturated heterocycles.